The van der Waals surface area contributed by atoms with E-state index in [0.717, 1.165) is 11.5 Å². The third kappa shape index (κ3) is 3.01. The summed E-state index contributed by atoms with van der Waals surface area (Å²) in [6, 6.07) is 14.5. The number of hydrogen-bond donors (Lipinski definition) is 1. The second-order valence-corrected chi connectivity index (χ2v) is 4.54. The molecular weight excluding hydrogens is 264 g/mol. The molecule has 0 aliphatic rings. The van der Waals surface area contributed by atoms with E-state index in [1.54, 1.807) is 45.4 Å². The quantitative estimate of drug-likeness (QED) is 0.876. The summed E-state index contributed by atoms with van der Waals surface area (Å²) in [4.78, 5) is 0. The third-order valence-electron chi connectivity index (χ3n) is 3.32. The molecule has 3 nitrogen and oxygen atoms in total. The number of aliphatic hydroxyl groups is 1. The van der Waals surface area contributed by atoms with Gasteiger partial charge in [0.1, 0.15) is 11.5 Å². The topological polar surface area (TPSA) is 38.7 Å². The minimum absolute atomic E-state index is 0.697. The molecule has 0 aliphatic carbocycles. The Labute approximate surface area is 125 Å². The Balaban J connectivity index is 2.48. The molecule has 0 fully saturated rings. The van der Waals surface area contributed by atoms with Crippen LogP contribution in [0.4, 0.5) is 0 Å². The summed E-state index contributed by atoms with van der Waals surface area (Å²) >= 11 is 0. The van der Waals surface area contributed by atoms with E-state index in [1.807, 2.05) is 24.3 Å². The van der Waals surface area contributed by atoms with Gasteiger partial charge in [-0.3, -0.25) is 0 Å². The molecule has 0 atom stereocenters. The molecule has 0 aliphatic heterocycles. The van der Waals surface area contributed by atoms with E-state index >= 15 is 0 Å². The van der Waals surface area contributed by atoms with E-state index in [-0.39, 0.29) is 0 Å². The molecule has 0 bridgehead atoms. The van der Waals surface area contributed by atoms with E-state index in [2.05, 4.69) is 11.8 Å². The van der Waals surface area contributed by atoms with Crippen LogP contribution in [0, 0.1) is 11.8 Å². The van der Waals surface area contributed by atoms with Crippen molar-refractivity contribution in [2.75, 3.05) is 14.2 Å². The van der Waals surface area contributed by atoms with Gasteiger partial charge in [-0.15, -0.1) is 5.92 Å². The second-order valence-electron chi connectivity index (χ2n) is 4.54. The summed E-state index contributed by atoms with van der Waals surface area (Å²) in [5.41, 5.74) is 0.0402. The highest BCUT2D eigenvalue weighted by molar-refractivity contribution is 5.47. The highest BCUT2D eigenvalue weighted by atomic mass is 16.5. The molecule has 0 aromatic heterocycles. The van der Waals surface area contributed by atoms with Gasteiger partial charge in [0.2, 0.25) is 0 Å². The third-order valence-corrected chi connectivity index (χ3v) is 3.32. The van der Waals surface area contributed by atoms with Gasteiger partial charge in [0.15, 0.2) is 5.60 Å². The van der Waals surface area contributed by atoms with Crippen molar-refractivity contribution in [1.29, 1.82) is 0 Å². The van der Waals surface area contributed by atoms with Gasteiger partial charge in [-0.1, -0.05) is 30.2 Å². The average Bonchev–Trinajstić information content (AvgIpc) is 2.55. The Morgan fingerprint density at radius 2 is 1.19 bits per heavy atom. The Kier molecular flexibility index (Phi) is 4.52. The largest absolute Gasteiger partial charge is 0.497 e. The lowest BCUT2D eigenvalue weighted by Crippen LogP contribution is -2.25. The number of ether oxygens (including phenoxy) is 2. The molecule has 2 aromatic rings. The average molecular weight is 282 g/mol. The molecule has 0 spiro atoms. The molecule has 0 amide bonds. The van der Waals surface area contributed by atoms with Crippen molar-refractivity contribution in [3.8, 4) is 23.3 Å². The fourth-order valence-electron chi connectivity index (χ4n) is 2.16. The number of hydrogen-bond acceptors (Lipinski definition) is 3. The van der Waals surface area contributed by atoms with Crippen LogP contribution in [0.3, 0.4) is 0 Å². The van der Waals surface area contributed by atoms with Crippen LogP contribution in [-0.4, -0.2) is 19.3 Å². The van der Waals surface area contributed by atoms with Crippen molar-refractivity contribution >= 4 is 0 Å². The smallest absolute Gasteiger partial charge is 0.176 e. The zero-order valence-corrected chi connectivity index (χ0v) is 12.4. The summed E-state index contributed by atoms with van der Waals surface area (Å²) in [6.45, 7) is 1.71. The van der Waals surface area contributed by atoms with Gasteiger partial charge in [-0.2, -0.15) is 0 Å². The summed E-state index contributed by atoms with van der Waals surface area (Å²) in [7, 11) is 3.22. The predicted molar refractivity (Wildman–Crippen MR) is 82.4 cm³/mol. The highest BCUT2D eigenvalue weighted by Crippen LogP contribution is 2.31. The second kappa shape index (κ2) is 6.34. The van der Waals surface area contributed by atoms with Gasteiger partial charge >= 0.3 is 0 Å². The summed E-state index contributed by atoms with van der Waals surface area (Å²) in [6.07, 6.45) is 0. The first kappa shape index (κ1) is 15.0. The number of benzene rings is 2. The van der Waals surface area contributed by atoms with E-state index in [9.17, 15) is 5.11 Å². The van der Waals surface area contributed by atoms with Gasteiger partial charge in [0.05, 0.1) is 14.2 Å². The Morgan fingerprint density at radius 1 is 0.810 bits per heavy atom. The van der Waals surface area contributed by atoms with Crippen LogP contribution in [0.5, 0.6) is 11.5 Å². The van der Waals surface area contributed by atoms with E-state index in [1.165, 1.54) is 0 Å². The van der Waals surface area contributed by atoms with E-state index < -0.39 is 5.60 Å². The van der Waals surface area contributed by atoms with Crippen molar-refractivity contribution in [1.82, 2.24) is 0 Å². The number of rotatable bonds is 4. The van der Waals surface area contributed by atoms with Crippen LogP contribution in [-0.2, 0) is 5.60 Å². The molecule has 0 saturated carbocycles. The van der Waals surface area contributed by atoms with Gasteiger partial charge < -0.3 is 14.6 Å². The van der Waals surface area contributed by atoms with Crippen molar-refractivity contribution in [3.05, 3.63) is 59.7 Å². The molecule has 21 heavy (non-hydrogen) atoms. The molecule has 0 heterocycles. The normalized spacial score (nSPS) is 10.5. The maximum Gasteiger partial charge on any atom is 0.176 e. The molecule has 2 rings (SSSR count). The van der Waals surface area contributed by atoms with Crippen molar-refractivity contribution in [2.45, 2.75) is 12.5 Å². The van der Waals surface area contributed by atoms with Gasteiger partial charge in [0, 0.05) is 11.1 Å². The van der Waals surface area contributed by atoms with Crippen LogP contribution < -0.4 is 9.47 Å². The minimum atomic E-state index is -1.35. The molecular formula is C18H18O3. The van der Waals surface area contributed by atoms with Crippen LogP contribution in [0.25, 0.3) is 0 Å². The first-order valence-corrected chi connectivity index (χ1v) is 6.59. The van der Waals surface area contributed by atoms with E-state index in [4.69, 9.17) is 9.47 Å². The lowest BCUT2D eigenvalue weighted by Gasteiger charge is -2.24. The van der Waals surface area contributed by atoms with Gasteiger partial charge in [-0.25, -0.2) is 0 Å². The Hall–Kier alpha value is -2.44. The molecule has 2 aromatic carbocycles. The fourth-order valence-corrected chi connectivity index (χ4v) is 2.16. The van der Waals surface area contributed by atoms with Gasteiger partial charge in [0.25, 0.3) is 0 Å². The summed E-state index contributed by atoms with van der Waals surface area (Å²) < 4.78 is 10.3. The van der Waals surface area contributed by atoms with Crippen molar-refractivity contribution < 1.29 is 14.6 Å². The number of methoxy groups -OCH3 is 2. The molecule has 0 saturated heterocycles. The molecule has 0 unspecified atom stereocenters. The summed E-state index contributed by atoms with van der Waals surface area (Å²) in [5.74, 6) is 7.16. The first-order chi connectivity index (χ1) is 10.1. The van der Waals surface area contributed by atoms with Crippen molar-refractivity contribution in [3.63, 3.8) is 0 Å². The van der Waals surface area contributed by atoms with Crippen LogP contribution in [0.15, 0.2) is 48.5 Å². The zero-order valence-electron chi connectivity index (χ0n) is 12.4. The van der Waals surface area contributed by atoms with E-state index in [0.29, 0.717) is 11.1 Å². The standard InChI is InChI=1S/C18H18O3/c1-4-13-18(19,14-5-9-16(20-2)10-6-14)15-7-11-17(21-3)12-8-15/h5-12,19H,1-3H3. The molecule has 1 N–H and O–H groups in total. The molecule has 3 heteroatoms. The summed E-state index contributed by atoms with van der Waals surface area (Å²) in [5, 5.41) is 11.0. The zero-order chi connectivity index (χ0) is 15.3. The lowest BCUT2D eigenvalue weighted by molar-refractivity contribution is 0.145. The maximum atomic E-state index is 11.0. The SMILES string of the molecule is CC#CC(O)(c1ccc(OC)cc1)c1ccc(OC)cc1. The Morgan fingerprint density at radius 3 is 1.48 bits per heavy atom. The minimum Gasteiger partial charge on any atom is -0.497 e. The van der Waals surface area contributed by atoms with Gasteiger partial charge in [-0.05, 0) is 31.2 Å². The molecule has 108 valence electrons. The Bertz CT molecular complexity index is 598. The molecule has 0 radical (unpaired) electrons. The fraction of sp³-hybridized carbons (Fsp3) is 0.222. The van der Waals surface area contributed by atoms with Crippen LogP contribution in [0.2, 0.25) is 0 Å². The van der Waals surface area contributed by atoms with Crippen molar-refractivity contribution in [2.24, 2.45) is 0 Å². The highest BCUT2D eigenvalue weighted by Gasteiger charge is 2.29. The lowest BCUT2D eigenvalue weighted by atomic mass is 9.87. The first-order valence-electron chi connectivity index (χ1n) is 6.59. The maximum absolute atomic E-state index is 11.0. The van der Waals surface area contributed by atoms with Crippen LogP contribution >= 0.6 is 0 Å². The monoisotopic (exact) mass is 282 g/mol. The van der Waals surface area contributed by atoms with Crippen LogP contribution in [0.1, 0.15) is 18.1 Å². The predicted octanol–water partition coefficient (Wildman–Crippen LogP) is 2.96.